The minimum absolute atomic E-state index is 0.0847. The zero-order valence-electron chi connectivity index (χ0n) is 9.19. The highest BCUT2D eigenvalue weighted by atomic mass is 16.1. The van der Waals surface area contributed by atoms with E-state index in [1.165, 1.54) is 0 Å². The second kappa shape index (κ2) is 3.28. The lowest BCUT2D eigenvalue weighted by molar-refractivity contribution is 1.17. The number of nitrogens with zero attached hydrogens (tertiary/aromatic N) is 2. The van der Waals surface area contributed by atoms with E-state index in [0.717, 1.165) is 16.5 Å². The molecule has 0 aliphatic carbocycles. The van der Waals surface area contributed by atoms with Gasteiger partial charge in [-0.3, -0.25) is 9.78 Å². The van der Waals surface area contributed by atoms with Crippen LogP contribution in [0.2, 0.25) is 0 Å². The monoisotopic (exact) mass is 226 g/mol. The molecule has 0 saturated heterocycles. The molecule has 5 heteroatoms. The Bertz CT molecular complexity index is 791. The summed E-state index contributed by atoms with van der Waals surface area (Å²) in [6.45, 7) is 2.00. The van der Waals surface area contributed by atoms with E-state index in [4.69, 9.17) is 5.73 Å². The van der Waals surface area contributed by atoms with Gasteiger partial charge in [0.25, 0.3) is 5.56 Å². The molecule has 0 aliphatic heterocycles. The van der Waals surface area contributed by atoms with Crippen molar-refractivity contribution >= 4 is 27.9 Å². The molecule has 84 valence electrons. The number of fused-ring (bicyclic) bond motifs is 2. The summed E-state index contributed by atoms with van der Waals surface area (Å²) in [6.07, 6.45) is 0. The van der Waals surface area contributed by atoms with Crippen LogP contribution in [-0.4, -0.2) is 15.0 Å². The molecule has 0 radical (unpaired) electrons. The lowest BCUT2D eigenvalue weighted by Gasteiger charge is -2.02. The van der Waals surface area contributed by atoms with E-state index < -0.39 is 0 Å². The molecule has 0 amide bonds. The molecule has 0 saturated carbocycles. The molecule has 0 fully saturated rings. The third-order valence-electron chi connectivity index (χ3n) is 2.66. The van der Waals surface area contributed by atoms with Crippen LogP contribution in [0.4, 0.5) is 5.95 Å². The van der Waals surface area contributed by atoms with E-state index in [0.29, 0.717) is 11.0 Å². The lowest BCUT2D eigenvalue weighted by Crippen LogP contribution is -2.11. The van der Waals surface area contributed by atoms with E-state index in [1.807, 2.05) is 25.1 Å². The summed E-state index contributed by atoms with van der Waals surface area (Å²) >= 11 is 0. The number of benzene rings is 1. The number of anilines is 1. The van der Waals surface area contributed by atoms with Gasteiger partial charge in [-0.2, -0.15) is 4.98 Å². The molecule has 0 spiro atoms. The van der Waals surface area contributed by atoms with Gasteiger partial charge >= 0.3 is 0 Å². The standard InChI is InChI=1S/C12H10N4O/c1-6-2-3-9-7(4-6)5-8-10(14-9)15-12(13)16-11(8)17/h2-5H,1H3,(H3,13,14,15,16,17). The number of H-pyrrole nitrogens is 1. The average Bonchev–Trinajstić information content (AvgIpc) is 2.27. The number of hydrogen-bond acceptors (Lipinski definition) is 4. The Kier molecular flexibility index (Phi) is 1.89. The maximum atomic E-state index is 11.7. The predicted molar refractivity (Wildman–Crippen MR) is 66.8 cm³/mol. The van der Waals surface area contributed by atoms with Crippen LogP contribution in [0.1, 0.15) is 5.56 Å². The molecule has 0 atom stereocenters. The van der Waals surface area contributed by atoms with E-state index in [1.54, 1.807) is 6.07 Å². The maximum absolute atomic E-state index is 11.7. The molecule has 3 rings (SSSR count). The van der Waals surface area contributed by atoms with Gasteiger partial charge < -0.3 is 5.73 Å². The van der Waals surface area contributed by atoms with Gasteiger partial charge in [-0.15, -0.1) is 0 Å². The number of aromatic nitrogens is 3. The van der Waals surface area contributed by atoms with Gasteiger partial charge in [0.2, 0.25) is 5.95 Å². The Labute approximate surface area is 96.3 Å². The van der Waals surface area contributed by atoms with E-state index in [9.17, 15) is 4.79 Å². The van der Waals surface area contributed by atoms with Crippen LogP contribution in [0.25, 0.3) is 21.9 Å². The number of rotatable bonds is 0. The summed E-state index contributed by atoms with van der Waals surface area (Å²) < 4.78 is 0. The molecule has 5 nitrogen and oxygen atoms in total. The molecule has 0 aliphatic rings. The number of pyridine rings is 1. The van der Waals surface area contributed by atoms with Crippen molar-refractivity contribution in [1.29, 1.82) is 0 Å². The molecule has 0 bridgehead atoms. The van der Waals surface area contributed by atoms with Gasteiger partial charge in [0.05, 0.1) is 10.9 Å². The second-order valence-electron chi connectivity index (χ2n) is 4.01. The quantitative estimate of drug-likeness (QED) is 0.567. The number of aromatic amines is 1. The largest absolute Gasteiger partial charge is 0.369 e. The first-order valence-corrected chi connectivity index (χ1v) is 5.20. The minimum Gasteiger partial charge on any atom is -0.369 e. The fourth-order valence-electron chi connectivity index (χ4n) is 1.86. The van der Waals surface area contributed by atoms with E-state index >= 15 is 0 Å². The number of hydrogen-bond donors (Lipinski definition) is 2. The van der Waals surface area contributed by atoms with Crippen molar-refractivity contribution in [2.45, 2.75) is 6.92 Å². The van der Waals surface area contributed by atoms with Gasteiger partial charge in [0, 0.05) is 5.39 Å². The van der Waals surface area contributed by atoms with Crippen molar-refractivity contribution in [3.05, 3.63) is 40.2 Å². The van der Waals surface area contributed by atoms with Crippen LogP contribution in [-0.2, 0) is 0 Å². The molecule has 1 aromatic carbocycles. The Hall–Kier alpha value is -2.43. The number of nitrogens with one attached hydrogen (secondary N) is 1. The van der Waals surface area contributed by atoms with Crippen LogP contribution in [0.15, 0.2) is 29.1 Å². The molecule has 3 aromatic rings. The SMILES string of the molecule is Cc1ccc2nc3nc(N)[nH]c(=O)c3cc2c1. The third kappa shape index (κ3) is 1.52. The van der Waals surface area contributed by atoms with Gasteiger partial charge in [-0.25, -0.2) is 4.98 Å². The van der Waals surface area contributed by atoms with Crippen molar-refractivity contribution in [3.63, 3.8) is 0 Å². The molecular formula is C12H10N4O. The van der Waals surface area contributed by atoms with E-state index in [2.05, 4.69) is 15.0 Å². The Morgan fingerprint density at radius 2 is 2.06 bits per heavy atom. The Balaban J connectivity index is 2.52. The van der Waals surface area contributed by atoms with Crippen LogP contribution in [0, 0.1) is 6.92 Å². The fraction of sp³-hybridized carbons (Fsp3) is 0.0833. The lowest BCUT2D eigenvalue weighted by atomic mass is 10.1. The van der Waals surface area contributed by atoms with Crippen LogP contribution >= 0.6 is 0 Å². The molecule has 0 unspecified atom stereocenters. The van der Waals surface area contributed by atoms with Gasteiger partial charge in [0.1, 0.15) is 0 Å². The Morgan fingerprint density at radius 3 is 2.88 bits per heavy atom. The molecule has 2 heterocycles. The Morgan fingerprint density at radius 1 is 1.24 bits per heavy atom. The summed E-state index contributed by atoms with van der Waals surface area (Å²) in [6, 6.07) is 7.65. The average molecular weight is 226 g/mol. The molecular weight excluding hydrogens is 216 g/mol. The summed E-state index contributed by atoms with van der Waals surface area (Å²) in [5.41, 5.74) is 7.53. The normalized spacial score (nSPS) is 11.1. The fourth-order valence-corrected chi connectivity index (χ4v) is 1.86. The van der Waals surface area contributed by atoms with Crippen LogP contribution < -0.4 is 11.3 Å². The highest BCUT2D eigenvalue weighted by Crippen LogP contribution is 2.17. The van der Waals surface area contributed by atoms with Gasteiger partial charge in [-0.05, 0) is 25.1 Å². The zero-order chi connectivity index (χ0) is 12.0. The number of nitrogens with two attached hydrogens (primary N) is 1. The third-order valence-corrected chi connectivity index (χ3v) is 2.66. The molecule has 2 aromatic heterocycles. The molecule has 3 N–H and O–H groups in total. The number of nitrogen functional groups attached to an aromatic ring is 1. The number of aryl methyl sites for hydroxylation is 1. The van der Waals surface area contributed by atoms with Crippen molar-refractivity contribution in [3.8, 4) is 0 Å². The summed E-state index contributed by atoms with van der Waals surface area (Å²) in [7, 11) is 0. The van der Waals surface area contributed by atoms with Gasteiger partial charge in [-0.1, -0.05) is 11.6 Å². The highest BCUT2D eigenvalue weighted by molar-refractivity contribution is 5.91. The minimum atomic E-state index is -0.261. The van der Waals surface area contributed by atoms with Crippen LogP contribution in [0.5, 0.6) is 0 Å². The maximum Gasteiger partial charge on any atom is 0.261 e. The zero-order valence-corrected chi connectivity index (χ0v) is 9.19. The topological polar surface area (TPSA) is 84.7 Å². The van der Waals surface area contributed by atoms with Crippen LogP contribution in [0.3, 0.4) is 0 Å². The summed E-state index contributed by atoms with van der Waals surface area (Å²) in [4.78, 5) is 22.5. The van der Waals surface area contributed by atoms with Crippen molar-refractivity contribution in [2.24, 2.45) is 0 Å². The van der Waals surface area contributed by atoms with E-state index in [-0.39, 0.29) is 11.5 Å². The second-order valence-corrected chi connectivity index (χ2v) is 4.01. The van der Waals surface area contributed by atoms with Crippen molar-refractivity contribution in [2.75, 3.05) is 5.73 Å². The highest BCUT2D eigenvalue weighted by Gasteiger charge is 2.05. The van der Waals surface area contributed by atoms with Crippen molar-refractivity contribution < 1.29 is 0 Å². The smallest absolute Gasteiger partial charge is 0.261 e. The van der Waals surface area contributed by atoms with Gasteiger partial charge in [0.15, 0.2) is 5.65 Å². The first-order valence-electron chi connectivity index (χ1n) is 5.20. The summed E-state index contributed by atoms with van der Waals surface area (Å²) in [5, 5.41) is 1.38. The predicted octanol–water partition coefficient (Wildman–Crippen LogP) is 1.36. The first kappa shape index (κ1) is 9.77. The first-order chi connectivity index (χ1) is 8.13. The summed E-state index contributed by atoms with van der Waals surface area (Å²) in [5.74, 6) is 0.0847. The molecule has 17 heavy (non-hydrogen) atoms. The van der Waals surface area contributed by atoms with Crippen molar-refractivity contribution in [1.82, 2.24) is 15.0 Å².